The topological polar surface area (TPSA) is 32.8 Å². The van der Waals surface area contributed by atoms with Gasteiger partial charge in [-0.3, -0.25) is 9.69 Å². The molecule has 0 aliphatic carbocycles. The Labute approximate surface area is 139 Å². The van der Waals surface area contributed by atoms with E-state index in [0.29, 0.717) is 24.7 Å². The predicted octanol–water partition coefficient (Wildman–Crippen LogP) is 3.30. The number of carbonyl (C=O) groups is 1. The van der Waals surface area contributed by atoms with Gasteiger partial charge in [-0.05, 0) is 52.9 Å². The molecule has 0 unspecified atom stereocenters. The monoisotopic (exact) mass is 326 g/mol. The zero-order chi connectivity index (χ0) is 16.7. The van der Waals surface area contributed by atoms with Gasteiger partial charge >= 0.3 is 0 Å². The van der Waals surface area contributed by atoms with Crippen LogP contribution < -0.4 is 4.74 Å². The van der Waals surface area contributed by atoms with Crippen LogP contribution in [0, 0.1) is 0 Å². The summed E-state index contributed by atoms with van der Waals surface area (Å²) in [5.41, 5.74) is 0. The zero-order valence-corrected chi connectivity index (χ0v) is 14.9. The maximum atomic E-state index is 12.3. The fraction of sp³-hybridized carbons (Fsp3) is 0.588. The van der Waals surface area contributed by atoms with Crippen LogP contribution in [-0.4, -0.2) is 54.5 Å². The fourth-order valence-electron chi connectivity index (χ4n) is 2.44. The van der Waals surface area contributed by atoms with E-state index in [1.54, 1.807) is 6.07 Å². The lowest BCUT2D eigenvalue weighted by Crippen LogP contribution is -2.47. The first-order valence-electron chi connectivity index (χ1n) is 7.69. The van der Waals surface area contributed by atoms with Crippen molar-refractivity contribution in [2.24, 2.45) is 0 Å². The van der Waals surface area contributed by atoms with Crippen molar-refractivity contribution in [2.45, 2.75) is 39.8 Å². The third kappa shape index (κ3) is 6.24. The summed E-state index contributed by atoms with van der Waals surface area (Å²) in [6, 6.07) is 7.74. The summed E-state index contributed by atoms with van der Waals surface area (Å²) in [7, 11) is 1.93. The molecular formula is C17H27ClN2O2. The van der Waals surface area contributed by atoms with Gasteiger partial charge in [-0.15, -0.1) is 0 Å². The lowest BCUT2D eigenvalue weighted by molar-refractivity contribution is -0.135. The van der Waals surface area contributed by atoms with Crippen molar-refractivity contribution < 1.29 is 9.53 Å². The van der Waals surface area contributed by atoms with Gasteiger partial charge in [-0.2, -0.15) is 0 Å². The second-order valence-electron chi connectivity index (χ2n) is 6.03. The first kappa shape index (κ1) is 18.8. The van der Waals surface area contributed by atoms with Crippen LogP contribution in [0.4, 0.5) is 0 Å². The number of rotatable bonds is 8. The smallest absolute Gasteiger partial charge is 0.237 e. The Morgan fingerprint density at radius 3 is 2.41 bits per heavy atom. The van der Waals surface area contributed by atoms with Crippen molar-refractivity contribution in [2.75, 3.05) is 26.7 Å². The van der Waals surface area contributed by atoms with E-state index in [4.69, 9.17) is 16.3 Å². The number of carbonyl (C=O) groups excluding carboxylic acids is 1. The number of ether oxygens (including phenoxy) is 1. The summed E-state index contributed by atoms with van der Waals surface area (Å²) < 4.78 is 5.64. The Bertz CT molecular complexity index is 469. The Hall–Kier alpha value is -1.26. The third-order valence-electron chi connectivity index (χ3n) is 3.34. The molecule has 0 aliphatic heterocycles. The van der Waals surface area contributed by atoms with Gasteiger partial charge in [0.2, 0.25) is 5.91 Å². The molecule has 0 fully saturated rings. The molecule has 1 amide bonds. The summed E-state index contributed by atoms with van der Waals surface area (Å²) in [5.74, 6) is 0.897. The van der Waals surface area contributed by atoms with Gasteiger partial charge in [0.05, 0.1) is 6.54 Å². The molecular weight excluding hydrogens is 300 g/mol. The summed E-state index contributed by atoms with van der Waals surface area (Å²) >= 11 is 5.91. The molecule has 0 atom stereocenters. The number of likely N-dealkylation sites (N-methyl/N-ethyl adjacent to an activating group) is 1. The van der Waals surface area contributed by atoms with Crippen molar-refractivity contribution in [1.29, 1.82) is 0 Å². The molecule has 0 radical (unpaired) electrons. The molecule has 0 spiro atoms. The van der Waals surface area contributed by atoms with Crippen LogP contribution in [0.25, 0.3) is 0 Å². The number of hydrogen-bond donors (Lipinski definition) is 0. The van der Waals surface area contributed by atoms with Gasteiger partial charge < -0.3 is 9.64 Å². The van der Waals surface area contributed by atoms with Crippen LogP contribution in [0.5, 0.6) is 5.75 Å². The minimum Gasteiger partial charge on any atom is -0.492 e. The highest BCUT2D eigenvalue weighted by Crippen LogP contribution is 2.16. The van der Waals surface area contributed by atoms with E-state index in [-0.39, 0.29) is 18.0 Å². The Morgan fingerprint density at radius 2 is 1.86 bits per heavy atom. The summed E-state index contributed by atoms with van der Waals surface area (Å²) in [4.78, 5) is 16.2. The molecule has 1 rings (SSSR count). The standard InChI is InChI=1S/C17H27ClN2O2/c1-13(2)20(14(3)4)17(21)12-19(5)9-10-22-16-8-6-7-15(18)11-16/h6-8,11,13-14H,9-10,12H2,1-5H3. The Balaban J connectivity index is 2.39. The molecule has 1 aromatic rings. The fourth-order valence-corrected chi connectivity index (χ4v) is 2.62. The minimum atomic E-state index is 0.148. The average Bonchev–Trinajstić information content (AvgIpc) is 2.37. The second-order valence-corrected chi connectivity index (χ2v) is 6.47. The zero-order valence-electron chi connectivity index (χ0n) is 14.2. The van der Waals surface area contributed by atoms with Gasteiger partial charge in [0.15, 0.2) is 0 Å². The maximum Gasteiger partial charge on any atom is 0.237 e. The van der Waals surface area contributed by atoms with Gasteiger partial charge in [0, 0.05) is 23.7 Å². The first-order valence-corrected chi connectivity index (χ1v) is 8.07. The van der Waals surface area contributed by atoms with E-state index < -0.39 is 0 Å². The first-order chi connectivity index (χ1) is 10.3. The van der Waals surface area contributed by atoms with Gasteiger partial charge in [-0.25, -0.2) is 0 Å². The third-order valence-corrected chi connectivity index (χ3v) is 3.58. The number of benzene rings is 1. The van der Waals surface area contributed by atoms with Gasteiger partial charge in [-0.1, -0.05) is 17.7 Å². The number of amides is 1. The number of hydrogen-bond acceptors (Lipinski definition) is 3. The van der Waals surface area contributed by atoms with Crippen LogP contribution in [0.2, 0.25) is 5.02 Å². The summed E-state index contributed by atoms with van der Waals surface area (Å²) in [6.45, 7) is 9.77. The second kappa shape index (κ2) is 9.01. The molecule has 0 aliphatic rings. The number of halogens is 1. The maximum absolute atomic E-state index is 12.3. The molecule has 0 saturated heterocycles. The molecule has 4 nitrogen and oxygen atoms in total. The lowest BCUT2D eigenvalue weighted by Gasteiger charge is -2.32. The molecule has 0 aromatic heterocycles. The molecule has 124 valence electrons. The summed E-state index contributed by atoms with van der Waals surface area (Å²) in [6.07, 6.45) is 0. The van der Waals surface area contributed by atoms with E-state index in [1.807, 2.05) is 62.7 Å². The van der Waals surface area contributed by atoms with E-state index in [1.165, 1.54) is 0 Å². The lowest BCUT2D eigenvalue weighted by atomic mass is 10.2. The number of nitrogens with zero attached hydrogens (tertiary/aromatic N) is 2. The van der Waals surface area contributed by atoms with Crippen LogP contribution in [0.1, 0.15) is 27.7 Å². The average molecular weight is 327 g/mol. The molecule has 0 bridgehead atoms. The highest BCUT2D eigenvalue weighted by atomic mass is 35.5. The minimum absolute atomic E-state index is 0.148. The van der Waals surface area contributed by atoms with Gasteiger partial charge in [0.1, 0.15) is 12.4 Å². The summed E-state index contributed by atoms with van der Waals surface area (Å²) in [5, 5.41) is 0.658. The van der Waals surface area contributed by atoms with E-state index in [2.05, 4.69) is 0 Å². The van der Waals surface area contributed by atoms with E-state index in [9.17, 15) is 4.79 Å². The predicted molar refractivity (Wildman–Crippen MR) is 91.6 cm³/mol. The molecule has 5 heteroatoms. The highest BCUT2D eigenvalue weighted by Gasteiger charge is 2.20. The Kier molecular flexibility index (Phi) is 7.69. The van der Waals surface area contributed by atoms with Crippen molar-refractivity contribution >= 4 is 17.5 Å². The van der Waals surface area contributed by atoms with E-state index in [0.717, 1.165) is 5.75 Å². The largest absolute Gasteiger partial charge is 0.492 e. The van der Waals surface area contributed by atoms with Crippen LogP contribution in [-0.2, 0) is 4.79 Å². The van der Waals surface area contributed by atoms with Crippen LogP contribution >= 0.6 is 11.6 Å². The molecule has 0 heterocycles. The van der Waals surface area contributed by atoms with Crippen molar-refractivity contribution in [3.63, 3.8) is 0 Å². The quantitative estimate of drug-likeness (QED) is 0.735. The van der Waals surface area contributed by atoms with E-state index >= 15 is 0 Å². The van der Waals surface area contributed by atoms with Gasteiger partial charge in [0.25, 0.3) is 0 Å². The highest BCUT2D eigenvalue weighted by molar-refractivity contribution is 6.30. The van der Waals surface area contributed by atoms with Crippen molar-refractivity contribution in [3.05, 3.63) is 29.3 Å². The van der Waals surface area contributed by atoms with Crippen LogP contribution in [0.3, 0.4) is 0 Å². The van der Waals surface area contributed by atoms with Crippen molar-refractivity contribution in [1.82, 2.24) is 9.80 Å². The molecule has 0 N–H and O–H groups in total. The van der Waals surface area contributed by atoms with Crippen LogP contribution in [0.15, 0.2) is 24.3 Å². The Morgan fingerprint density at radius 1 is 1.23 bits per heavy atom. The van der Waals surface area contributed by atoms with Crippen molar-refractivity contribution in [3.8, 4) is 5.75 Å². The normalized spacial score (nSPS) is 11.3. The SMILES string of the molecule is CC(C)N(C(=O)CN(C)CCOc1cccc(Cl)c1)C(C)C. The molecule has 1 aromatic carbocycles. The molecule has 0 saturated carbocycles. The molecule has 22 heavy (non-hydrogen) atoms.